The molecule has 0 fully saturated rings. The number of primary amides is 1. The number of rotatable bonds is 10. The Morgan fingerprint density at radius 1 is 1.10 bits per heavy atom. The number of amides is 1. The molecule has 0 atom stereocenters. The number of nitrogens with zero attached hydrogens (tertiary/aromatic N) is 2. The highest BCUT2D eigenvalue weighted by Crippen LogP contribution is 2.35. The number of nitrogens with two attached hydrogens (primary N) is 1. The third-order valence-corrected chi connectivity index (χ3v) is 6.84. The summed E-state index contributed by atoms with van der Waals surface area (Å²) < 4.78 is 84.4. The predicted molar refractivity (Wildman–Crippen MR) is 139 cm³/mol. The molecule has 0 saturated carbocycles. The number of sulfonamides is 1. The summed E-state index contributed by atoms with van der Waals surface area (Å²) in [5, 5.41) is 9.41. The van der Waals surface area contributed by atoms with Crippen LogP contribution in [0.4, 0.5) is 34.8 Å². The van der Waals surface area contributed by atoms with E-state index in [0.29, 0.717) is 11.1 Å². The molecule has 15 heteroatoms. The maximum atomic E-state index is 13.3. The molecule has 2 aromatic carbocycles. The number of carbonyl (C=O) groups is 1. The van der Waals surface area contributed by atoms with Crippen molar-refractivity contribution in [3.8, 4) is 17.0 Å². The van der Waals surface area contributed by atoms with Crippen LogP contribution in [0.1, 0.15) is 28.5 Å². The number of alkyl halides is 3. The van der Waals surface area contributed by atoms with Crippen LogP contribution in [0, 0.1) is 5.82 Å². The van der Waals surface area contributed by atoms with E-state index >= 15 is 0 Å². The van der Waals surface area contributed by atoms with E-state index in [-0.39, 0.29) is 46.6 Å². The summed E-state index contributed by atoms with van der Waals surface area (Å²) in [6.07, 6.45) is -3.69. The predicted octanol–water partition coefficient (Wildman–Crippen LogP) is 4.81. The van der Waals surface area contributed by atoms with Crippen LogP contribution < -0.4 is 20.5 Å². The minimum Gasteiger partial charge on any atom is -0.487 e. The van der Waals surface area contributed by atoms with Crippen molar-refractivity contribution in [2.75, 3.05) is 15.8 Å². The molecule has 2 aromatic heterocycles. The van der Waals surface area contributed by atoms with Crippen LogP contribution in [0.5, 0.6) is 5.75 Å². The maximum absolute atomic E-state index is 13.3. The number of H-pyrrole nitrogens is 1. The van der Waals surface area contributed by atoms with Crippen LogP contribution >= 0.6 is 0 Å². The molecule has 4 aromatic rings. The molecule has 0 aliphatic carbocycles. The van der Waals surface area contributed by atoms with Gasteiger partial charge in [-0.1, -0.05) is 18.2 Å². The second kappa shape index (κ2) is 11.2. The van der Waals surface area contributed by atoms with Crippen molar-refractivity contribution in [3.63, 3.8) is 0 Å². The van der Waals surface area contributed by atoms with Crippen molar-refractivity contribution in [2.24, 2.45) is 5.73 Å². The Labute approximate surface area is 225 Å². The molecule has 0 aliphatic heterocycles. The number of nitrogens with one attached hydrogen (secondary N) is 3. The number of aromatic nitrogens is 3. The minimum atomic E-state index is -4.62. The standard InChI is InChI=1S/C25H22F4N6O4S/c1-2-40(37,38)35-18-9-5-15(11-19(18)39-13-14-3-6-16(26)7-4-14)22-21(23(30)36)24(34-33-22)32-17-8-10-20(31-12-17)25(27,28)29/h3-12,35H,2,13H2,1H3,(H2,30,36)(H2,32,33,34). The molecule has 2 heterocycles. The summed E-state index contributed by atoms with van der Waals surface area (Å²) in [5.41, 5.74) is 5.66. The van der Waals surface area contributed by atoms with Gasteiger partial charge in [0.25, 0.3) is 5.91 Å². The molecule has 5 N–H and O–H groups in total. The van der Waals surface area contributed by atoms with Gasteiger partial charge in [-0.2, -0.15) is 18.3 Å². The summed E-state index contributed by atoms with van der Waals surface area (Å²) in [6, 6.07) is 11.7. The van der Waals surface area contributed by atoms with Crippen LogP contribution in [-0.4, -0.2) is 35.3 Å². The van der Waals surface area contributed by atoms with Gasteiger partial charge in [-0.3, -0.25) is 14.6 Å². The van der Waals surface area contributed by atoms with Crippen LogP contribution in [-0.2, 0) is 22.8 Å². The largest absolute Gasteiger partial charge is 0.487 e. The lowest BCUT2D eigenvalue weighted by atomic mass is 10.1. The van der Waals surface area contributed by atoms with Gasteiger partial charge in [-0.25, -0.2) is 17.8 Å². The van der Waals surface area contributed by atoms with E-state index in [1.54, 1.807) is 0 Å². The maximum Gasteiger partial charge on any atom is 0.433 e. The second-order valence-corrected chi connectivity index (χ2v) is 10.4. The SMILES string of the molecule is CCS(=O)(=O)Nc1ccc(-c2[nH]nc(Nc3ccc(C(F)(F)F)nc3)c2C(N)=O)cc1OCc1ccc(F)cc1. The third kappa shape index (κ3) is 6.66. The first kappa shape index (κ1) is 28.4. The lowest BCUT2D eigenvalue weighted by Crippen LogP contribution is -2.15. The summed E-state index contributed by atoms with van der Waals surface area (Å²) in [6.45, 7) is 1.42. The number of benzene rings is 2. The topological polar surface area (TPSA) is 152 Å². The number of pyridine rings is 1. The highest BCUT2D eigenvalue weighted by Gasteiger charge is 2.32. The molecule has 1 amide bonds. The first-order valence-electron chi connectivity index (χ1n) is 11.6. The number of hydrogen-bond acceptors (Lipinski definition) is 7. The van der Waals surface area contributed by atoms with Crippen LogP contribution in [0.25, 0.3) is 11.3 Å². The highest BCUT2D eigenvalue weighted by atomic mass is 32.2. The minimum absolute atomic E-state index is 0.0377. The zero-order valence-corrected chi connectivity index (χ0v) is 21.5. The number of hydrogen-bond donors (Lipinski definition) is 4. The first-order chi connectivity index (χ1) is 18.9. The normalized spacial score (nSPS) is 11.7. The van der Waals surface area contributed by atoms with Gasteiger partial charge < -0.3 is 15.8 Å². The van der Waals surface area contributed by atoms with Gasteiger partial charge in [-0.15, -0.1) is 0 Å². The average molecular weight is 579 g/mol. The summed E-state index contributed by atoms with van der Waals surface area (Å²) >= 11 is 0. The van der Waals surface area contributed by atoms with E-state index < -0.39 is 33.6 Å². The zero-order chi connectivity index (χ0) is 29.1. The van der Waals surface area contributed by atoms with Gasteiger partial charge in [0, 0.05) is 5.56 Å². The monoisotopic (exact) mass is 578 g/mol. The van der Waals surface area contributed by atoms with Crippen molar-refractivity contribution in [1.29, 1.82) is 0 Å². The quantitative estimate of drug-likeness (QED) is 0.197. The molecule has 0 bridgehead atoms. The van der Waals surface area contributed by atoms with Crippen LogP contribution in [0.3, 0.4) is 0 Å². The molecule has 10 nitrogen and oxygen atoms in total. The Bertz CT molecular complexity index is 1620. The average Bonchev–Trinajstić information content (AvgIpc) is 3.32. The molecule has 0 spiro atoms. The third-order valence-electron chi connectivity index (χ3n) is 5.55. The molecule has 0 radical (unpaired) electrons. The van der Waals surface area contributed by atoms with Crippen molar-refractivity contribution in [1.82, 2.24) is 15.2 Å². The van der Waals surface area contributed by atoms with Gasteiger partial charge >= 0.3 is 6.18 Å². The van der Waals surface area contributed by atoms with E-state index in [0.717, 1.165) is 18.3 Å². The van der Waals surface area contributed by atoms with Crippen molar-refractivity contribution in [2.45, 2.75) is 19.7 Å². The fraction of sp³-hybridized carbons (Fsp3) is 0.160. The van der Waals surface area contributed by atoms with E-state index in [1.165, 1.54) is 49.4 Å². The van der Waals surface area contributed by atoms with E-state index in [9.17, 15) is 30.8 Å². The number of halogens is 4. The second-order valence-electron chi connectivity index (χ2n) is 8.37. The fourth-order valence-corrected chi connectivity index (χ4v) is 4.16. The van der Waals surface area contributed by atoms with E-state index in [4.69, 9.17) is 10.5 Å². The lowest BCUT2D eigenvalue weighted by Gasteiger charge is -2.15. The van der Waals surface area contributed by atoms with Crippen molar-refractivity contribution >= 4 is 33.1 Å². The molecule has 0 aliphatic rings. The Hall–Kier alpha value is -4.66. The Morgan fingerprint density at radius 2 is 1.82 bits per heavy atom. The van der Waals surface area contributed by atoms with Crippen molar-refractivity contribution in [3.05, 3.63) is 83.4 Å². The van der Waals surface area contributed by atoms with Gasteiger partial charge in [0.2, 0.25) is 10.0 Å². The van der Waals surface area contributed by atoms with Gasteiger partial charge in [0.05, 0.1) is 29.0 Å². The zero-order valence-electron chi connectivity index (χ0n) is 20.7. The molecule has 40 heavy (non-hydrogen) atoms. The molecule has 0 saturated heterocycles. The molecular weight excluding hydrogens is 556 g/mol. The van der Waals surface area contributed by atoms with Crippen molar-refractivity contribution < 1.29 is 35.5 Å². The molecule has 0 unspecified atom stereocenters. The Kier molecular flexibility index (Phi) is 7.95. The molecule has 210 valence electrons. The molecular formula is C25H22F4N6O4S. The number of aromatic amines is 1. The Balaban J connectivity index is 1.68. The van der Waals surface area contributed by atoms with E-state index in [1.807, 2.05) is 0 Å². The van der Waals surface area contributed by atoms with Gasteiger partial charge in [-0.05, 0) is 48.9 Å². The Morgan fingerprint density at radius 3 is 2.42 bits per heavy atom. The summed E-state index contributed by atoms with van der Waals surface area (Å²) in [5.74, 6) is -1.53. The van der Waals surface area contributed by atoms with Gasteiger partial charge in [0.1, 0.15) is 29.4 Å². The number of carbonyl (C=O) groups excluding carboxylic acids is 1. The molecule has 4 rings (SSSR count). The highest BCUT2D eigenvalue weighted by molar-refractivity contribution is 7.92. The van der Waals surface area contributed by atoms with Crippen LogP contribution in [0.15, 0.2) is 60.8 Å². The first-order valence-corrected chi connectivity index (χ1v) is 13.2. The number of ether oxygens (including phenoxy) is 1. The number of anilines is 3. The van der Waals surface area contributed by atoms with Crippen LogP contribution in [0.2, 0.25) is 0 Å². The summed E-state index contributed by atoms with van der Waals surface area (Å²) in [7, 11) is -3.69. The van der Waals surface area contributed by atoms with E-state index in [2.05, 4.69) is 25.2 Å². The smallest absolute Gasteiger partial charge is 0.433 e. The van der Waals surface area contributed by atoms with Gasteiger partial charge in [0.15, 0.2) is 5.82 Å². The fourth-order valence-electron chi connectivity index (χ4n) is 3.52. The summed E-state index contributed by atoms with van der Waals surface area (Å²) in [4.78, 5) is 15.7. The lowest BCUT2D eigenvalue weighted by molar-refractivity contribution is -0.141.